The van der Waals surface area contributed by atoms with E-state index < -0.39 is 0 Å². The SMILES string of the molecule is CO/C=C1/C(=O)Nc2ccc(C)cc21. The summed E-state index contributed by atoms with van der Waals surface area (Å²) < 4.78 is 4.87. The molecular weight excluding hydrogens is 178 g/mol. The minimum atomic E-state index is -0.104. The number of benzene rings is 1. The van der Waals surface area contributed by atoms with Gasteiger partial charge in [-0.25, -0.2) is 0 Å². The first kappa shape index (κ1) is 8.81. The monoisotopic (exact) mass is 189 g/mol. The largest absolute Gasteiger partial charge is 0.504 e. The number of amides is 1. The summed E-state index contributed by atoms with van der Waals surface area (Å²) in [5, 5.41) is 2.77. The van der Waals surface area contributed by atoms with Crippen LogP contribution in [-0.2, 0) is 9.53 Å². The standard InChI is InChI=1S/C11H11NO2/c1-7-3-4-10-8(5-7)9(6-14-2)11(13)12-10/h3-6H,1-2H3,(H,12,13)/b9-6+. The van der Waals surface area contributed by atoms with Crippen LogP contribution >= 0.6 is 0 Å². The Labute approximate surface area is 82.4 Å². The molecule has 0 unspecified atom stereocenters. The maximum absolute atomic E-state index is 11.5. The van der Waals surface area contributed by atoms with Gasteiger partial charge in [-0.05, 0) is 19.1 Å². The van der Waals surface area contributed by atoms with Crippen molar-refractivity contribution in [1.29, 1.82) is 0 Å². The molecule has 1 N–H and O–H groups in total. The van der Waals surface area contributed by atoms with E-state index in [4.69, 9.17) is 4.74 Å². The Bertz CT molecular complexity index is 421. The average molecular weight is 189 g/mol. The molecular formula is C11H11NO2. The normalized spacial score (nSPS) is 16.7. The summed E-state index contributed by atoms with van der Waals surface area (Å²) in [7, 11) is 1.54. The summed E-state index contributed by atoms with van der Waals surface area (Å²) in [6.45, 7) is 1.99. The lowest BCUT2D eigenvalue weighted by Gasteiger charge is -1.99. The van der Waals surface area contributed by atoms with Gasteiger partial charge in [-0.15, -0.1) is 0 Å². The fraction of sp³-hybridized carbons (Fsp3) is 0.182. The Morgan fingerprint density at radius 2 is 2.21 bits per heavy atom. The van der Waals surface area contributed by atoms with Crippen LogP contribution in [0.2, 0.25) is 0 Å². The Kier molecular flexibility index (Phi) is 2.00. The highest BCUT2D eigenvalue weighted by atomic mass is 16.5. The predicted octanol–water partition coefficient (Wildman–Crippen LogP) is 1.93. The van der Waals surface area contributed by atoms with Gasteiger partial charge in [0, 0.05) is 11.3 Å². The summed E-state index contributed by atoms with van der Waals surface area (Å²) in [5.74, 6) is -0.104. The highest BCUT2D eigenvalue weighted by Gasteiger charge is 2.24. The zero-order valence-electron chi connectivity index (χ0n) is 8.13. The number of fused-ring (bicyclic) bond motifs is 1. The molecule has 0 saturated heterocycles. The van der Waals surface area contributed by atoms with Gasteiger partial charge in [0.25, 0.3) is 5.91 Å². The number of hydrogen-bond donors (Lipinski definition) is 1. The second-order valence-electron chi connectivity index (χ2n) is 3.27. The smallest absolute Gasteiger partial charge is 0.259 e. The van der Waals surface area contributed by atoms with Gasteiger partial charge < -0.3 is 10.1 Å². The topological polar surface area (TPSA) is 38.3 Å². The van der Waals surface area contributed by atoms with E-state index in [2.05, 4.69) is 5.32 Å². The molecule has 1 heterocycles. The van der Waals surface area contributed by atoms with Crippen molar-refractivity contribution in [2.75, 3.05) is 12.4 Å². The number of methoxy groups -OCH3 is 1. The summed E-state index contributed by atoms with van der Waals surface area (Å²) in [6.07, 6.45) is 1.47. The predicted molar refractivity (Wildman–Crippen MR) is 54.8 cm³/mol. The van der Waals surface area contributed by atoms with Gasteiger partial charge in [-0.2, -0.15) is 0 Å². The van der Waals surface area contributed by atoms with E-state index in [9.17, 15) is 4.79 Å². The molecule has 0 aromatic heterocycles. The van der Waals surface area contributed by atoms with E-state index in [1.165, 1.54) is 13.4 Å². The van der Waals surface area contributed by atoms with Crippen LogP contribution in [0.1, 0.15) is 11.1 Å². The second kappa shape index (κ2) is 3.18. The highest BCUT2D eigenvalue weighted by Crippen LogP contribution is 2.31. The van der Waals surface area contributed by atoms with E-state index >= 15 is 0 Å². The van der Waals surface area contributed by atoms with E-state index in [1.54, 1.807) is 0 Å². The van der Waals surface area contributed by atoms with Crippen molar-refractivity contribution in [2.45, 2.75) is 6.92 Å². The molecule has 3 heteroatoms. The molecule has 2 rings (SSSR count). The number of hydrogen-bond acceptors (Lipinski definition) is 2. The van der Waals surface area contributed by atoms with Gasteiger partial charge in [-0.3, -0.25) is 4.79 Å². The number of rotatable bonds is 1. The molecule has 0 spiro atoms. The van der Waals surface area contributed by atoms with Crippen LogP contribution in [0.4, 0.5) is 5.69 Å². The van der Waals surface area contributed by atoms with Gasteiger partial charge in [0.05, 0.1) is 18.9 Å². The average Bonchev–Trinajstić information content (AvgIpc) is 2.45. The number of carbonyl (C=O) groups excluding carboxylic acids is 1. The van der Waals surface area contributed by atoms with Gasteiger partial charge >= 0.3 is 0 Å². The lowest BCUT2D eigenvalue weighted by molar-refractivity contribution is -0.110. The molecule has 0 radical (unpaired) electrons. The quantitative estimate of drug-likeness (QED) is 0.541. The van der Waals surface area contributed by atoms with E-state index in [0.29, 0.717) is 5.57 Å². The van der Waals surface area contributed by atoms with E-state index in [0.717, 1.165) is 16.8 Å². The van der Waals surface area contributed by atoms with Crippen LogP contribution in [0.25, 0.3) is 5.57 Å². The van der Waals surface area contributed by atoms with Gasteiger partial charge in [0.1, 0.15) is 0 Å². The first-order chi connectivity index (χ1) is 6.72. The van der Waals surface area contributed by atoms with Crippen molar-refractivity contribution in [2.24, 2.45) is 0 Å². The number of ether oxygens (including phenoxy) is 1. The molecule has 72 valence electrons. The molecule has 0 fully saturated rings. The first-order valence-corrected chi connectivity index (χ1v) is 4.37. The summed E-state index contributed by atoms with van der Waals surface area (Å²) >= 11 is 0. The molecule has 0 atom stereocenters. The van der Waals surface area contributed by atoms with Crippen molar-refractivity contribution in [3.63, 3.8) is 0 Å². The fourth-order valence-electron chi connectivity index (χ4n) is 1.54. The van der Waals surface area contributed by atoms with Crippen molar-refractivity contribution in [1.82, 2.24) is 0 Å². The third kappa shape index (κ3) is 1.27. The second-order valence-corrected chi connectivity index (χ2v) is 3.27. The lowest BCUT2D eigenvalue weighted by atomic mass is 10.1. The third-order valence-electron chi connectivity index (χ3n) is 2.19. The zero-order valence-corrected chi connectivity index (χ0v) is 8.13. The molecule has 1 aliphatic rings. The molecule has 3 nitrogen and oxygen atoms in total. The maximum Gasteiger partial charge on any atom is 0.259 e. The molecule has 1 aromatic rings. The van der Waals surface area contributed by atoms with Gasteiger partial charge in [0.2, 0.25) is 0 Å². The van der Waals surface area contributed by atoms with Gasteiger partial charge in [0.15, 0.2) is 0 Å². The van der Waals surface area contributed by atoms with Gasteiger partial charge in [-0.1, -0.05) is 11.6 Å². The van der Waals surface area contributed by atoms with Crippen LogP contribution in [0.15, 0.2) is 24.5 Å². The van der Waals surface area contributed by atoms with E-state index in [-0.39, 0.29) is 5.91 Å². The maximum atomic E-state index is 11.5. The van der Waals surface area contributed by atoms with Crippen molar-refractivity contribution >= 4 is 17.2 Å². The molecule has 1 aliphatic heterocycles. The number of nitrogens with one attached hydrogen (secondary N) is 1. The Morgan fingerprint density at radius 1 is 1.43 bits per heavy atom. The zero-order chi connectivity index (χ0) is 10.1. The molecule has 0 saturated carbocycles. The Balaban J connectivity index is 2.55. The third-order valence-corrected chi connectivity index (χ3v) is 2.19. The summed E-state index contributed by atoms with van der Waals surface area (Å²) in [6, 6.07) is 5.84. The van der Waals surface area contributed by atoms with Crippen LogP contribution in [0.5, 0.6) is 0 Å². The first-order valence-electron chi connectivity index (χ1n) is 4.37. The fourth-order valence-corrected chi connectivity index (χ4v) is 1.54. The molecule has 0 bridgehead atoms. The van der Waals surface area contributed by atoms with Crippen LogP contribution in [0.3, 0.4) is 0 Å². The molecule has 0 aliphatic carbocycles. The number of aryl methyl sites for hydroxylation is 1. The minimum Gasteiger partial charge on any atom is -0.504 e. The summed E-state index contributed by atoms with van der Waals surface area (Å²) in [5.41, 5.74) is 3.48. The molecule has 14 heavy (non-hydrogen) atoms. The number of anilines is 1. The van der Waals surface area contributed by atoms with Crippen LogP contribution in [-0.4, -0.2) is 13.0 Å². The Morgan fingerprint density at radius 3 is 2.93 bits per heavy atom. The van der Waals surface area contributed by atoms with Crippen molar-refractivity contribution < 1.29 is 9.53 Å². The van der Waals surface area contributed by atoms with Crippen LogP contribution in [0, 0.1) is 6.92 Å². The molecule has 1 amide bonds. The van der Waals surface area contributed by atoms with Crippen molar-refractivity contribution in [3.05, 3.63) is 35.6 Å². The van der Waals surface area contributed by atoms with E-state index in [1.807, 2.05) is 25.1 Å². The Hall–Kier alpha value is -1.77. The molecule has 1 aromatic carbocycles. The highest BCUT2D eigenvalue weighted by molar-refractivity contribution is 6.31. The lowest BCUT2D eigenvalue weighted by Crippen LogP contribution is -2.03. The summed E-state index contributed by atoms with van der Waals surface area (Å²) in [4.78, 5) is 11.5. The number of carbonyl (C=O) groups is 1. The van der Waals surface area contributed by atoms with Crippen LogP contribution < -0.4 is 5.32 Å². The minimum absolute atomic E-state index is 0.104. The van der Waals surface area contributed by atoms with Crippen molar-refractivity contribution in [3.8, 4) is 0 Å².